The number of hydrazone groups is 1. The maximum absolute atomic E-state index is 12.0. The monoisotopic (exact) mass is 294 g/mol. The molecule has 3 rings (SSSR count). The summed E-state index contributed by atoms with van der Waals surface area (Å²) in [6, 6.07) is 11.9. The van der Waals surface area contributed by atoms with Crippen LogP contribution in [0.3, 0.4) is 0 Å². The molecule has 0 unspecified atom stereocenters. The van der Waals surface area contributed by atoms with Gasteiger partial charge in [-0.2, -0.15) is 5.10 Å². The quantitative estimate of drug-likeness (QED) is 0.693. The van der Waals surface area contributed by atoms with Crippen molar-refractivity contribution in [2.45, 2.75) is 12.8 Å². The van der Waals surface area contributed by atoms with E-state index in [9.17, 15) is 4.79 Å². The van der Waals surface area contributed by atoms with E-state index in [1.807, 2.05) is 24.3 Å². The molecular weight excluding hydrogens is 276 g/mol. The highest BCUT2D eigenvalue weighted by molar-refractivity contribution is 5.84. The molecule has 1 aliphatic heterocycles. The Balaban J connectivity index is 1.58. The summed E-state index contributed by atoms with van der Waals surface area (Å²) in [7, 11) is 0. The molecule has 22 heavy (non-hydrogen) atoms. The molecule has 0 saturated heterocycles. The van der Waals surface area contributed by atoms with Gasteiger partial charge in [-0.05, 0) is 42.2 Å². The Morgan fingerprint density at radius 1 is 1.27 bits per heavy atom. The van der Waals surface area contributed by atoms with Crippen LogP contribution in [0.15, 0.2) is 53.9 Å². The van der Waals surface area contributed by atoms with Crippen LogP contribution in [0.1, 0.15) is 17.5 Å². The molecular formula is C17H18N4O. The number of benzene rings is 1. The molecule has 5 heteroatoms. The number of para-hydroxylation sites is 1. The largest absolute Gasteiger partial charge is 0.362 e. The molecule has 5 nitrogen and oxygen atoms in total. The van der Waals surface area contributed by atoms with Gasteiger partial charge >= 0.3 is 0 Å². The lowest BCUT2D eigenvalue weighted by Gasteiger charge is -2.30. The SMILES string of the molecule is O=C(CN1CCCc2ccccc21)N/N=C\c1ccncc1. The number of carbonyl (C=O) groups excluding carboxylic acids is 1. The van der Waals surface area contributed by atoms with Crippen molar-refractivity contribution >= 4 is 17.8 Å². The standard InChI is InChI=1S/C17H18N4O/c22-17(20-19-12-14-7-9-18-10-8-14)13-21-11-3-5-15-4-1-2-6-16(15)21/h1-2,4,6-10,12H,3,5,11,13H2,(H,20,22)/b19-12-. The number of pyridine rings is 1. The average Bonchev–Trinajstić information content (AvgIpc) is 2.56. The Bertz CT molecular complexity index is 669. The molecule has 2 aromatic rings. The van der Waals surface area contributed by atoms with Gasteiger partial charge in [-0.25, -0.2) is 5.43 Å². The molecule has 0 atom stereocenters. The van der Waals surface area contributed by atoms with E-state index in [1.54, 1.807) is 18.6 Å². The molecule has 1 aliphatic rings. The van der Waals surface area contributed by atoms with E-state index < -0.39 is 0 Å². The van der Waals surface area contributed by atoms with E-state index in [2.05, 4.69) is 32.5 Å². The number of hydrogen-bond acceptors (Lipinski definition) is 4. The Labute approximate surface area is 129 Å². The highest BCUT2D eigenvalue weighted by atomic mass is 16.2. The molecule has 2 heterocycles. The summed E-state index contributed by atoms with van der Waals surface area (Å²) in [6.07, 6.45) is 7.14. The summed E-state index contributed by atoms with van der Waals surface area (Å²) < 4.78 is 0. The summed E-state index contributed by atoms with van der Waals surface area (Å²) in [5.41, 5.74) is 5.94. The molecule has 0 fully saturated rings. The minimum absolute atomic E-state index is 0.109. The number of aryl methyl sites for hydroxylation is 1. The lowest BCUT2D eigenvalue weighted by molar-refractivity contribution is -0.119. The van der Waals surface area contributed by atoms with Gasteiger partial charge in [0.25, 0.3) is 5.91 Å². The fourth-order valence-corrected chi connectivity index (χ4v) is 2.61. The lowest BCUT2D eigenvalue weighted by Crippen LogP contribution is -2.38. The maximum Gasteiger partial charge on any atom is 0.259 e. The summed E-state index contributed by atoms with van der Waals surface area (Å²) in [6.45, 7) is 1.23. The number of anilines is 1. The van der Waals surface area contributed by atoms with Crippen molar-refractivity contribution in [1.82, 2.24) is 10.4 Å². The van der Waals surface area contributed by atoms with Gasteiger partial charge in [0, 0.05) is 24.6 Å². The molecule has 0 bridgehead atoms. The summed E-state index contributed by atoms with van der Waals surface area (Å²) in [4.78, 5) is 18.1. The molecule has 112 valence electrons. The lowest BCUT2D eigenvalue weighted by atomic mass is 10.0. The van der Waals surface area contributed by atoms with Crippen LogP contribution in [0.25, 0.3) is 0 Å². The summed E-state index contributed by atoms with van der Waals surface area (Å²) in [5.74, 6) is -0.109. The summed E-state index contributed by atoms with van der Waals surface area (Å²) in [5, 5.41) is 3.98. The second kappa shape index (κ2) is 6.85. The van der Waals surface area contributed by atoms with Crippen LogP contribution in [0, 0.1) is 0 Å². The number of carbonyl (C=O) groups is 1. The third-order valence-electron chi connectivity index (χ3n) is 3.65. The number of aromatic nitrogens is 1. The van der Waals surface area contributed by atoms with Crippen LogP contribution in [0.2, 0.25) is 0 Å². The van der Waals surface area contributed by atoms with Crippen molar-refractivity contribution in [1.29, 1.82) is 0 Å². The number of fused-ring (bicyclic) bond motifs is 1. The first-order valence-corrected chi connectivity index (χ1v) is 7.38. The Hall–Kier alpha value is -2.69. The van der Waals surface area contributed by atoms with E-state index in [0.717, 1.165) is 30.6 Å². The third kappa shape index (κ3) is 3.49. The van der Waals surface area contributed by atoms with Gasteiger partial charge in [0.2, 0.25) is 0 Å². The molecule has 1 amide bonds. The van der Waals surface area contributed by atoms with Gasteiger partial charge in [0.15, 0.2) is 0 Å². The van der Waals surface area contributed by atoms with E-state index in [-0.39, 0.29) is 5.91 Å². The molecule has 1 aromatic heterocycles. The van der Waals surface area contributed by atoms with Crippen LogP contribution < -0.4 is 10.3 Å². The minimum atomic E-state index is -0.109. The molecule has 0 radical (unpaired) electrons. The Kier molecular flexibility index (Phi) is 4.44. The Morgan fingerprint density at radius 3 is 2.95 bits per heavy atom. The first-order chi connectivity index (χ1) is 10.8. The molecule has 1 N–H and O–H groups in total. The van der Waals surface area contributed by atoms with Gasteiger partial charge in [0.1, 0.15) is 0 Å². The van der Waals surface area contributed by atoms with Crippen molar-refractivity contribution in [3.05, 3.63) is 59.9 Å². The summed E-state index contributed by atoms with van der Waals surface area (Å²) >= 11 is 0. The predicted molar refractivity (Wildman–Crippen MR) is 86.9 cm³/mol. The molecule has 0 spiro atoms. The molecule has 0 saturated carbocycles. The zero-order valence-electron chi connectivity index (χ0n) is 12.3. The highest BCUT2D eigenvalue weighted by Gasteiger charge is 2.18. The van der Waals surface area contributed by atoms with Gasteiger partial charge in [-0.3, -0.25) is 9.78 Å². The zero-order valence-corrected chi connectivity index (χ0v) is 12.3. The maximum atomic E-state index is 12.0. The average molecular weight is 294 g/mol. The van der Waals surface area contributed by atoms with Gasteiger partial charge in [-0.1, -0.05) is 18.2 Å². The molecule has 0 aliphatic carbocycles. The topological polar surface area (TPSA) is 57.6 Å². The number of hydrogen-bond donors (Lipinski definition) is 1. The third-order valence-corrected chi connectivity index (χ3v) is 3.65. The minimum Gasteiger partial charge on any atom is -0.362 e. The predicted octanol–water partition coefficient (Wildman–Crippen LogP) is 1.98. The van der Waals surface area contributed by atoms with Crippen LogP contribution in [0.5, 0.6) is 0 Å². The van der Waals surface area contributed by atoms with Crippen molar-refractivity contribution in [2.75, 3.05) is 18.0 Å². The van der Waals surface area contributed by atoms with E-state index in [1.165, 1.54) is 5.56 Å². The number of nitrogens with one attached hydrogen (secondary N) is 1. The molecule has 1 aromatic carbocycles. The van der Waals surface area contributed by atoms with E-state index in [0.29, 0.717) is 6.54 Å². The Morgan fingerprint density at radius 2 is 2.09 bits per heavy atom. The van der Waals surface area contributed by atoms with Crippen molar-refractivity contribution in [3.63, 3.8) is 0 Å². The van der Waals surface area contributed by atoms with Crippen LogP contribution in [0.4, 0.5) is 5.69 Å². The van der Waals surface area contributed by atoms with Crippen LogP contribution >= 0.6 is 0 Å². The number of rotatable bonds is 4. The zero-order chi connectivity index (χ0) is 15.2. The van der Waals surface area contributed by atoms with Gasteiger partial charge < -0.3 is 4.90 Å². The normalized spacial score (nSPS) is 13.9. The van der Waals surface area contributed by atoms with Crippen LogP contribution in [-0.4, -0.2) is 30.2 Å². The fraction of sp³-hybridized carbons (Fsp3) is 0.235. The van der Waals surface area contributed by atoms with E-state index in [4.69, 9.17) is 0 Å². The smallest absolute Gasteiger partial charge is 0.259 e. The first kappa shape index (κ1) is 14.3. The van der Waals surface area contributed by atoms with E-state index >= 15 is 0 Å². The number of amides is 1. The van der Waals surface area contributed by atoms with Gasteiger partial charge in [0.05, 0.1) is 12.8 Å². The van der Waals surface area contributed by atoms with Crippen LogP contribution in [-0.2, 0) is 11.2 Å². The van der Waals surface area contributed by atoms with Crippen molar-refractivity contribution in [2.24, 2.45) is 5.10 Å². The number of nitrogens with zero attached hydrogens (tertiary/aromatic N) is 3. The first-order valence-electron chi connectivity index (χ1n) is 7.38. The highest BCUT2D eigenvalue weighted by Crippen LogP contribution is 2.26. The fourth-order valence-electron chi connectivity index (χ4n) is 2.61. The second-order valence-electron chi connectivity index (χ2n) is 5.23. The van der Waals surface area contributed by atoms with Crippen molar-refractivity contribution in [3.8, 4) is 0 Å². The second-order valence-corrected chi connectivity index (χ2v) is 5.23. The van der Waals surface area contributed by atoms with Crippen molar-refractivity contribution < 1.29 is 4.79 Å². The van der Waals surface area contributed by atoms with Gasteiger partial charge in [-0.15, -0.1) is 0 Å².